The maximum Gasteiger partial charge on any atom is 0.325 e. The van der Waals surface area contributed by atoms with Crippen molar-refractivity contribution >= 4 is 23.3 Å². The topological polar surface area (TPSA) is 165 Å². The van der Waals surface area contributed by atoms with Gasteiger partial charge in [0.05, 0.1) is 22.5 Å². The van der Waals surface area contributed by atoms with E-state index in [1.165, 1.54) is 13.8 Å². The van der Waals surface area contributed by atoms with Crippen LogP contribution >= 0.6 is 0 Å². The SMILES string of the molecule is CC1(C)NC(=O)N(C[C@H](O)COc2ccc([N+](=O)[O-])cc2[N+](=O)[O-])C1=O. The van der Waals surface area contributed by atoms with Gasteiger partial charge in [-0.05, 0) is 19.9 Å². The van der Waals surface area contributed by atoms with E-state index in [1.54, 1.807) is 0 Å². The molecule has 0 unspecified atom stereocenters. The number of amides is 3. The molecule has 1 aromatic carbocycles. The summed E-state index contributed by atoms with van der Waals surface area (Å²) in [6.07, 6.45) is -1.31. The van der Waals surface area contributed by atoms with Crippen molar-refractivity contribution in [2.45, 2.75) is 25.5 Å². The van der Waals surface area contributed by atoms with Gasteiger partial charge in [-0.2, -0.15) is 0 Å². The van der Waals surface area contributed by atoms with Gasteiger partial charge >= 0.3 is 11.7 Å². The molecule has 12 heteroatoms. The van der Waals surface area contributed by atoms with Crippen molar-refractivity contribution in [3.63, 3.8) is 0 Å². The monoisotopic (exact) mass is 368 g/mol. The molecule has 0 bridgehead atoms. The van der Waals surface area contributed by atoms with E-state index in [2.05, 4.69) is 5.32 Å². The summed E-state index contributed by atoms with van der Waals surface area (Å²) >= 11 is 0. The Morgan fingerprint density at radius 2 is 1.92 bits per heavy atom. The van der Waals surface area contributed by atoms with E-state index in [-0.39, 0.29) is 12.3 Å². The number of nitro groups is 2. The largest absolute Gasteiger partial charge is 0.484 e. The summed E-state index contributed by atoms with van der Waals surface area (Å²) in [5, 5.41) is 34.1. The van der Waals surface area contributed by atoms with Gasteiger partial charge in [-0.3, -0.25) is 29.9 Å². The van der Waals surface area contributed by atoms with Gasteiger partial charge in [0.25, 0.3) is 11.6 Å². The molecule has 1 aromatic rings. The lowest BCUT2D eigenvalue weighted by molar-refractivity contribution is -0.394. The summed E-state index contributed by atoms with van der Waals surface area (Å²) in [5.74, 6) is -0.806. The van der Waals surface area contributed by atoms with Crippen molar-refractivity contribution in [1.82, 2.24) is 10.2 Å². The Bertz CT molecular complexity index is 778. The summed E-state index contributed by atoms with van der Waals surface area (Å²) < 4.78 is 5.14. The van der Waals surface area contributed by atoms with Gasteiger partial charge in [0, 0.05) is 6.07 Å². The lowest BCUT2D eigenvalue weighted by Gasteiger charge is -2.19. The number of imide groups is 1. The standard InChI is InChI=1S/C14H16N4O8/c1-14(2)12(20)16(13(21)15-14)6-9(19)7-26-11-4-3-8(17(22)23)5-10(11)18(24)25/h3-5,9,19H,6-7H2,1-2H3,(H,15,21)/t9-/m0/s1. The van der Waals surface area contributed by atoms with Crippen LogP contribution in [0.15, 0.2) is 18.2 Å². The number of β-amino-alcohol motifs (C(OH)–C–C–N with tert-alkyl or cyclic N) is 1. The van der Waals surface area contributed by atoms with E-state index in [1.807, 2.05) is 0 Å². The third-order valence-corrected chi connectivity index (χ3v) is 3.62. The highest BCUT2D eigenvalue weighted by Crippen LogP contribution is 2.31. The first-order valence-corrected chi connectivity index (χ1v) is 7.40. The zero-order valence-corrected chi connectivity index (χ0v) is 13.9. The molecule has 2 N–H and O–H groups in total. The molecule has 3 amide bonds. The number of nitrogens with one attached hydrogen (secondary N) is 1. The summed E-state index contributed by atoms with van der Waals surface area (Å²) in [6, 6.07) is 2.14. The number of urea groups is 1. The van der Waals surface area contributed by atoms with E-state index in [0.29, 0.717) is 0 Å². The minimum Gasteiger partial charge on any atom is -0.484 e. The molecule has 12 nitrogen and oxygen atoms in total. The van der Waals surface area contributed by atoms with Crippen LogP contribution in [0.1, 0.15) is 13.8 Å². The number of aliphatic hydroxyl groups excluding tert-OH is 1. The number of nitro benzene ring substituents is 2. The molecule has 2 rings (SSSR count). The number of nitrogens with zero attached hydrogens (tertiary/aromatic N) is 3. The number of non-ortho nitro benzene ring substituents is 1. The van der Waals surface area contributed by atoms with E-state index < -0.39 is 51.4 Å². The Balaban J connectivity index is 2.05. The van der Waals surface area contributed by atoms with Crippen molar-refractivity contribution in [3.8, 4) is 5.75 Å². The first-order chi connectivity index (χ1) is 12.0. The number of aliphatic hydroxyl groups is 1. The van der Waals surface area contributed by atoms with Crippen LogP contribution in [0.4, 0.5) is 16.2 Å². The van der Waals surface area contributed by atoms with Gasteiger partial charge < -0.3 is 15.2 Å². The molecule has 0 radical (unpaired) electrons. The molecule has 1 aliphatic rings. The van der Waals surface area contributed by atoms with Crippen molar-refractivity contribution in [1.29, 1.82) is 0 Å². The van der Waals surface area contributed by atoms with Gasteiger partial charge in [-0.15, -0.1) is 0 Å². The van der Waals surface area contributed by atoms with Gasteiger partial charge in [0.1, 0.15) is 18.2 Å². The Labute approximate surface area is 146 Å². The number of hydrogen-bond acceptors (Lipinski definition) is 8. The van der Waals surface area contributed by atoms with Crippen LogP contribution in [0.3, 0.4) is 0 Å². The number of carbonyl (C=O) groups excluding carboxylic acids is 2. The van der Waals surface area contributed by atoms with E-state index in [9.17, 15) is 34.9 Å². The van der Waals surface area contributed by atoms with Crippen LogP contribution in [0.25, 0.3) is 0 Å². The maximum atomic E-state index is 12.0. The zero-order valence-electron chi connectivity index (χ0n) is 13.9. The van der Waals surface area contributed by atoms with Crippen LogP contribution < -0.4 is 10.1 Å². The fraction of sp³-hybridized carbons (Fsp3) is 0.429. The second-order valence-electron chi connectivity index (χ2n) is 6.10. The summed E-state index contributed by atoms with van der Waals surface area (Å²) in [4.78, 5) is 44.7. The Kier molecular flexibility index (Phi) is 5.07. The molecule has 1 heterocycles. The molecule has 1 fully saturated rings. The van der Waals surface area contributed by atoms with Crippen molar-refractivity contribution < 1.29 is 29.3 Å². The molecule has 1 atom stereocenters. The average molecular weight is 368 g/mol. The van der Waals surface area contributed by atoms with Crippen LogP contribution in [-0.2, 0) is 4.79 Å². The quantitative estimate of drug-likeness (QED) is 0.400. The molecule has 1 saturated heterocycles. The molecule has 26 heavy (non-hydrogen) atoms. The summed E-state index contributed by atoms with van der Waals surface area (Å²) in [7, 11) is 0. The molecule has 0 spiro atoms. The first-order valence-electron chi connectivity index (χ1n) is 7.40. The number of carbonyl (C=O) groups is 2. The van der Waals surface area contributed by atoms with Crippen LogP contribution in [-0.4, -0.2) is 56.6 Å². The van der Waals surface area contributed by atoms with E-state index in [4.69, 9.17) is 4.74 Å². The van der Waals surface area contributed by atoms with Gasteiger partial charge in [-0.25, -0.2) is 4.79 Å². The Morgan fingerprint density at radius 1 is 1.27 bits per heavy atom. The average Bonchev–Trinajstić information content (AvgIpc) is 2.74. The summed E-state index contributed by atoms with van der Waals surface area (Å²) in [6.45, 7) is 2.19. The molecule has 0 aliphatic carbocycles. The molecule has 0 aromatic heterocycles. The van der Waals surface area contributed by atoms with E-state index >= 15 is 0 Å². The highest BCUT2D eigenvalue weighted by Gasteiger charge is 2.44. The normalized spacial score (nSPS) is 17.0. The zero-order chi connectivity index (χ0) is 19.6. The predicted molar refractivity (Wildman–Crippen MR) is 85.6 cm³/mol. The highest BCUT2D eigenvalue weighted by atomic mass is 16.6. The number of hydrogen-bond donors (Lipinski definition) is 2. The van der Waals surface area contributed by atoms with Gasteiger partial charge in [0.2, 0.25) is 0 Å². The second-order valence-corrected chi connectivity index (χ2v) is 6.10. The lowest BCUT2D eigenvalue weighted by atomic mass is 10.1. The van der Waals surface area contributed by atoms with Crippen LogP contribution in [0.2, 0.25) is 0 Å². The van der Waals surface area contributed by atoms with Crippen molar-refractivity contribution in [2.24, 2.45) is 0 Å². The first kappa shape index (κ1) is 19.1. The highest BCUT2D eigenvalue weighted by molar-refractivity contribution is 6.06. The van der Waals surface area contributed by atoms with E-state index in [0.717, 1.165) is 23.1 Å². The van der Waals surface area contributed by atoms with Crippen molar-refractivity contribution in [2.75, 3.05) is 13.2 Å². The van der Waals surface area contributed by atoms with Crippen molar-refractivity contribution in [3.05, 3.63) is 38.4 Å². The minimum absolute atomic E-state index is 0.280. The fourth-order valence-electron chi connectivity index (χ4n) is 2.32. The third-order valence-electron chi connectivity index (χ3n) is 3.62. The van der Waals surface area contributed by atoms with Crippen LogP contribution in [0.5, 0.6) is 5.75 Å². The van der Waals surface area contributed by atoms with Gasteiger partial charge in [-0.1, -0.05) is 0 Å². The number of rotatable bonds is 7. The third kappa shape index (κ3) is 3.85. The molecular weight excluding hydrogens is 352 g/mol. The summed E-state index contributed by atoms with van der Waals surface area (Å²) in [5.41, 5.74) is -2.21. The van der Waals surface area contributed by atoms with Crippen LogP contribution in [0, 0.1) is 20.2 Å². The Morgan fingerprint density at radius 3 is 2.42 bits per heavy atom. The number of ether oxygens (including phenoxy) is 1. The molecular formula is C14H16N4O8. The molecule has 1 aliphatic heterocycles. The molecule has 140 valence electrons. The maximum absolute atomic E-state index is 12.0. The predicted octanol–water partition coefficient (Wildman–Crippen LogP) is 0.573. The van der Waals surface area contributed by atoms with Gasteiger partial charge in [0.15, 0.2) is 5.75 Å². The second kappa shape index (κ2) is 6.92. The smallest absolute Gasteiger partial charge is 0.325 e. The molecule has 0 saturated carbocycles. The fourth-order valence-corrected chi connectivity index (χ4v) is 2.32. The lowest BCUT2D eigenvalue weighted by Crippen LogP contribution is -2.42. The minimum atomic E-state index is -1.31. The Hall–Kier alpha value is -3.28. The number of benzene rings is 1.